The maximum absolute atomic E-state index is 10.5. The van der Waals surface area contributed by atoms with Gasteiger partial charge in [0, 0.05) is 6.54 Å². The van der Waals surface area contributed by atoms with Crippen molar-refractivity contribution >= 4 is 6.29 Å². The molecule has 0 heterocycles. The molecule has 0 aromatic carbocycles. The summed E-state index contributed by atoms with van der Waals surface area (Å²) in [4.78, 5) is 10.5. The first-order valence-electron chi connectivity index (χ1n) is 3.98. The van der Waals surface area contributed by atoms with Crippen molar-refractivity contribution in [3.63, 3.8) is 0 Å². The van der Waals surface area contributed by atoms with Crippen LogP contribution in [0.5, 0.6) is 0 Å². The second-order valence-electron chi connectivity index (χ2n) is 2.44. The molecule has 0 fully saturated rings. The van der Waals surface area contributed by atoms with E-state index in [4.69, 9.17) is 10.5 Å². The van der Waals surface area contributed by atoms with Gasteiger partial charge in [0.05, 0.1) is 6.61 Å². The Kier molecular flexibility index (Phi) is 5.07. The number of hydrogen-bond acceptors (Lipinski definition) is 3. The van der Waals surface area contributed by atoms with Crippen LogP contribution in [0.15, 0.2) is 0 Å². The molecule has 0 amide bonds. The molecule has 0 aromatic rings. The molecule has 0 atom stereocenters. The van der Waals surface area contributed by atoms with E-state index in [1.807, 2.05) is 20.1 Å². The Bertz CT molecular complexity index is 111. The largest absolute Gasteiger partial charge is 0.365 e. The highest BCUT2D eigenvalue weighted by Crippen LogP contribution is 2.16. The second-order valence-corrected chi connectivity index (χ2v) is 2.44. The highest BCUT2D eigenvalue weighted by Gasteiger charge is 2.26. The third-order valence-electron chi connectivity index (χ3n) is 1.82. The Morgan fingerprint density at radius 1 is 1.45 bits per heavy atom. The summed E-state index contributed by atoms with van der Waals surface area (Å²) in [5.74, 6) is 0. The van der Waals surface area contributed by atoms with Crippen LogP contribution in [0.3, 0.4) is 0 Å². The third-order valence-corrected chi connectivity index (χ3v) is 1.82. The van der Waals surface area contributed by atoms with Gasteiger partial charge < -0.3 is 10.5 Å². The molecule has 1 radical (unpaired) electrons. The van der Waals surface area contributed by atoms with Gasteiger partial charge in [-0.25, -0.2) is 0 Å². The van der Waals surface area contributed by atoms with Gasteiger partial charge >= 0.3 is 0 Å². The summed E-state index contributed by atoms with van der Waals surface area (Å²) in [6.45, 7) is 4.69. The monoisotopic (exact) mass is 158 g/mol. The number of ether oxygens (including phenoxy) is 1. The third kappa shape index (κ3) is 2.99. The molecule has 0 aliphatic rings. The summed E-state index contributed by atoms with van der Waals surface area (Å²) >= 11 is 0. The molecule has 0 unspecified atom stereocenters. The fraction of sp³-hybridized carbons (Fsp3) is 0.875. The van der Waals surface area contributed by atoms with Gasteiger partial charge in [0.1, 0.15) is 5.60 Å². The van der Waals surface area contributed by atoms with Crippen molar-refractivity contribution in [3.05, 3.63) is 0 Å². The number of carbonyl (C=O) groups excluding carboxylic acids is 1. The molecule has 65 valence electrons. The topological polar surface area (TPSA) is 52.3 Å². The first-order valence-corrected chi connectivity index (χ1v) is 3.98. The summed E-state index contributed by atoms with van der Waals surface area (Å²) in [6.07, 6.45) is 3.24. The zero-order valence-corrected chi connectivity index (χ0v) is 7.22. The normalized spacial score (nSPS) is 11.5. The molecular weight excluding hydrogens is 142 g/mol. The molecular formula is C8H16NO2. The van der Waals surface area contributed by atoms with Crippen LogP contribution in [0.1, 0.15) is 26.7 Å². The van der Waals surface area contributed by atoms with Crippen molar-refractivity contribution in [3.8, 4) is 0 Å². The van der Waals surface area contributed by atoms with E-state index in [0.29, 0.717) is 26.0 Å². The molecule has 0 aliphatic carbocycles. The minimum atomic E-state index is -0.709. The van der Waals surface area contributed by atoms with Crippen molar-refractivity contribution in [1.82, 2.24) is 0 Å². The van der Waals surface area contributed by atoms with Gasteiger partial charge in [-0.05, 0) is 12.8 Å². The second kappa shape index (κ2) is 5.27. The zero-order chi connectivity index (χ0) is 8.74. The van der Waals surface area contributed by atoms with Crippen LogP contribution in [0, 0.1) is 0 Å². The Balaban J connectivity index is 3.94. The summed E-state index contributed by atoms with van der Waals surface area (Å²) in [6, 6.07) is 0. The fourth-order valence-electron chi connectivity index (χ4n) is 0.882. The van der Waals surface area contributed by atoms with Gasteiger partial charge in [0.2, 0.25) is 6.29 Å². The summed E-state index contributed by atoms with van der Waals surface area (Å²) in [5.41, 5.74) is 4.54. The van der Waals surface area contributed by atoms with Crippen LogP contribution in [-0.2, 0) is 9.53 Å². The lowest BCUT2D eigenvalue weighted by molar-refractivity contribution is 0.00479. The molecule has 0 rings (SSSR count). The number of nitrogens with two attached hydrogens (primary N) is 1. The fourth-order valence-corrected chi connectivity index (χ4v) is 0.882. The number of rotatable bonds is 6. The van der Waals surface area contributed by atoms with Crippen LogP contribution >= 0.6 is 0 Å². The van der Waals surface area contributed by atoms with Crippen molar-refractivity contribution in [2.24, 2.45) is 5.73 Å². The van der Waals surface area contributed by atoms with Crippen LogP contribution in [0.2, 0.25) is 0 Å². The molecule has 3 heteroatoms. The van der Waals surface area contributed by atoms with Crippen LogP contribution in [-0.4, -0.2) is 25.0 Å². The Morgan fingerprint density at radius 3 is 2.27 bits per heavy atom. The van der Waals surface area contributed by atoms with Crippen molar-refractivity contribution < 1.29 is 9.53 Å². The number of hydrogen-bond donors (Lipinski definition) is 1. The molecule has 2 N–H and O–H groups in total. The van der Waals surface area contributed by atoms with Gasteiger partial charge in [-0.1, -0.05) is 13.8 Å². The van der Waals surface area contributed by atoms with Crippen LogP contribution < -0.4 is 5.73 Å². The molecule has 3 nitrogen and oxygen atoms in total. The SMILES string of the molecule is CCC([C]=O)(CC)OCCN. The van der Waals surface area contributed by atoms with E-state index in [9.17, 15) is 4.79 Å². The summed E-state index contributed by atoms with van der Waals surface area (Å²) < 4.78 is 5.28. The van der Waals surface area contributed by atoms with Crippen molar-refractivity contribution in [2.45, 2.75) is 32.3 Å². The van der Waals surface area contributed by atoms with E-state index in [-0.39, 0.29) is 0 Å². The predicted octanol–water partition coefficient (Wildman–Crippen LogP) is 0.630. The minimum absolute atomic E-state index is 0.428. The molecule has 0 aliphatic heterocycles. The predicted molar refractivity (Wildman–Crippen MR) is 44.0 cm³/mol. The standard InChI is InChI=1S/C8H16NO2/c1-3-8(4-2,7-10)11-6-5-9/h3-6,9H2,1-2H3. The van der Waals surface area contributed by atoms with Gasteiger partial charge in [0.25, 0.3) is 0 Å². The smallest absolute Gasteiger partial charge is 0.233 e. The Morgan fingerprint density at radius 2 is 2.00 bits per heavy atom. The van der Waals surface area contributed by atoms with E-state index in [1.165, 1.54) is 0 Å². The van der Waals surface area contributed by atoms with Gasteiger partial charge in [-0.3, -0.25) is 4.79 Å². The van der Waals surface area contributed by atoms with Gasteiger partial charge in [-0.15, -0.1) is 0 Å². The maximum Gasteiger partial charge on any atom is 0.233 e. The Labute approximate surface area is 67.9 Å². The first-order chi connectivity index (χ1) is 5.24. The summed E-state index contributed by atoms with van der Waals surface area (Å²) in [5, 5.41) is 0. The van der Waals surface area contributed by atoms with E-state index >= 15 is 0 Å². The minimum Gasteiger partial charge on any atom is -0.365 e. The average molecular weight is 158 g/mol. The highest BCUT2D eigenvalue weighted by molar-refractivity contribution is 5.63. The van der Waals surface area contributed by atoms with E-state index in [1.54, 1.807) is 0 Å². The quantitative estimate of drug-likeness (QED) is 0.617. The Hall–Kier alpha value is -0.410. The van der Waals surface area contributed by atoms with E-state index in [0.717, 1.165) is 0 Å². The highest BCUT2D eigenvalue weighted by atomic mass is 16.5. The van der Waals surface area contributed by atoms with Gasteiger partial charge in [-0.2, -0.15) is 0 Å². The van der Waals surface area contributed by atoms with E-state index in [2.05, 4.69) is 0 Å². The van der Waals surface area contributed by atoms with Crippen LogP contribution in [0.25, 0.3) is 0 Å². The van der Waals surface area contributed by atoms with E-state index < -0.39 is 5.60 Å². The van der Waals surface area contributed by atoms with Gasteiger partial charge in [0.15, 0.2) is 0 Å². The molecule has 0 bridgehead atoms. The lowest BCUT2D eigenvalue weighted by atomic mass is 9.99. The molecule has 11 heavy (non-hydrogen) atoms. The van der Waals surface area contributed by atoms with Crippen molar-refractivity contribution in [1.29, 1.82) is 0 Å². The molecule has 0 saturated carbocycles. The first kappa shape index (κ1) is 10.6. The molecule has 0 saturated heterocycles. The van der Waals surface area contributed by atoms with Crippen LogP contribution in [0.4, 0.5) is 0 Å². The average Bonchev–Trinajstić information content (AvgIpc) is 2.08. The van der Waals surface area contributed by atoms with Crippen molar-refractivity contribution in [2.75, 3.05) is 13.2 Å². The molecule has 0 spiro atoms. The maximum atomic E-state index is 10.5. The summed E-state index contributed by atoms with van der Waals surface area (Å²) in [7, 11) is 0. The lowest BCUT2D eigenvalue weighted by Gasteiger charge is -2.23. The lowest BCUT2D eigenvalue weighted by Crippen LogP contribution is -2.34. The molecule has 0 aromatic heterocycles. The zero-order valence-electron chi connectivity index (χ0n) is 7.22.